The number of thiocarbonyl (C=S) groups is 1. The predicted molar refractivity (Wildman–Crippen MR) is 118 cm³/mol. The van der Waals surface area contributed by atoms with Crippen molar-refractivity contribution in [2.75, 3.05) is 13.1 Å². The topological polar surface area (TPSA) is 52.8 Å². The van der Waals surface area contributed by atoms with Crippen molar-refractivity contribution in [1.82, 2.24) is 14.9 Å². The van der Waals surface area contributed by atoms with Crippen molar-refractivity contribution in [3.8, 4) is 17.3 Å². The Hall–Kier alpha value is -3.24. The van der Waals surface area contributed by atoms with E-state index in [1.54, 1.807) is 18.6 Å². The fourth-order valence-corrected chi connectivity index (χ4v) is 4.34. The summed E-state index contributed by atoms with van der Waals surface area (Å²) < 4.78 is 28.3. The third-order valence-electron chi connectivity index (χ3n) is 5.81. The van der Waals surface area contributed by atoms with Crippen molar-refractivity contribution in [2.45, 2.75) is 19.3 Å². The summed E-state index contributed by atoms with van der Waals surface area (Å²) in [6.45, 7) is 1.07. The monoisotopic (exact) mass is 434 g/mol. The predicted octanol–water partition coefficient (Wildman–Crippen LogP) is 4.95. The zero-order chi connectivity index (χ0) is 21.8. The number of piperidine rings is 1. The van der Waals surface area contributed by atoms with Gasteiger partial charge in [-0.25, -0.2) is 8.78 Å². The first-order chi connectivity index (χ1) is 15.0. The van der Waals surface area contributed by atoms with Gasteiger partial charge in [0.2, 0.25) is 0 Å². The van der Waals surface area contributed by atoms with E-state index >= 15 is 0 Å². The molecule has 3 aromatic rings. The van der Waals surface area contributed by atoms with Gasteiger partial charge in [0, 0.05) is 48.4 Å². The molecule has 1 aliphatic heterocycles. The molecule has 156 valence electrons. The second kappa shape index (κ2) is 8.86. The molecule has 0 atom stereocenters. The van der Waals surface area contributed by atoms with Crippen molar-refractivity contribution in [3.63, 3.8) is 0 Å². The lowest BCUT2D eigenvalue weighted by Gasteiger charge is -2.39. The maximum absolute atomic E-state index is 14.2. The quantitative estimate of drug-likeness (QED) is 0.544. The van der Waals surface area contributed by atoms with E-state index in [0.717, 1.165) is 16.8 Å². The van der Waals surface area contributed by atoms with E-state index < -0.39 is 17.0 Å². The van der Waals surface area contributed by atoms with Crippen molar-refractivity contribution < 1.29 is 8.78 Å². The van der Waals surface area contributed by atoms with Gasteiger partial charge in [-0.3, -0.25) is 9.97 Å². The zero-order valence-corrected chi connectivity index (χ0v) is 17.6. The highest BCUT2D eigenvalue weighted by Crippen LogP contribution is 2.37. The van der Waals surface area contributed by atoms with Crippen LogP contribution in [0.15, 0.2) is 61.1 Å². The lowest BCUT2D eigenvalue weighted by atomic mass is 9.75. The second-order valence-electron chi connectivity index (χ2n) is 7.70. The maximum Gasteiger partial charge on any atom is 0.129 e. The van der Waals surface area contributed by atoms with Crippen molar-refractivity contribution in [2.24, 2.45) is 5.41 Å². The Bertz CT molecular complexity index is 1120. The molecule has 1 aromatic carbocycles. The molecule has 2 aromatic heterocycles. The molecule has 0 saturated carbocycles. The second-order valence-corrected chi connectivity index (χ2v) is 8.08. The lowest BCUT2D eigenvalue weighted by Crippen LogP contribution is -2.43. The highest BCUT2D eigenvalue weighted by Gasteiger charge is 2.37. The van der Waals surface area contributed by atoms with Crippen LogP contribution < -0.4 is 0 Å². The molecule has 31 heavy (non-hydrogen) atoms. The molecule has 4 nitrogen and oxygen atoms in total. The van der Waals surface area contributed by atoms with Gasteiger partial charge in [-0.1, -0.05) is 18.3 Å². The summed E-state index contributed by atoms with van der Waals surface area (Å²) in [5.41, 5.74) is 1.70. The molecule has 1 fully saturated rings. The van der Waals surface area contributed by atoms with Crippen LogP contribution in [-0.4, -0.2) is 32.9 Å². The Morgan fingerprint density at radius 1 is 1.03 bits per heavy atom. The number of aromatic nitrogens is 2. The number of halogens is 2. The van der Waals surface area contributed by atoms with E-state index in [1.165, 1.54) is 18.2 Å². The van der Waals surface area contributed by atoms with E-state index in [4.69, 9.17) is 12.2 Å². The number of hydrogen-bond acceptors (Lipinski definition) is 4. The number of benzene rings is 1. The smallest absolute Gasteiger partial charge is 0.129 e. The zero-order valence-electron chi connectivity index (χ0n) is 16.8. The van der Waals surface area contributed by atoms with Crippen LogP contribution in [0.4, 0.5) is 8.78 Å². The summed E-state index contributed by atoms with van der Waals surface area (Å²) in [4.78, 5) is 11.3. The summed E-state index contributed by atoms with van der Waals surface area (Å²) in [6.07, 6.45) is 6.14. The molecule has 1 saturated heterocycles. The van der Waals surface area contributed by atoms with Crippen molar-refractivity contribution in [1.29, 1.82) is 5.26 Å². The van der Waals surface area contributed by atoms with Crippen LogP contribution in [0.25, 0.3) is 11.3 Å². The summed E-state index contributed by atoms with van der Waals surface area (Å²) in [5, 5.41) is 9.86. The minimum Gasteiger partial charge on any atom is -0.362 e. The Morgan fingerprint density at radius 2 is 1.71 bits per heavy atom. The Morgan fingerprint density at radius 3 is 2.35 bits per heavy atom. The van der Waals surface area contributed by atoms with E-state index in [2.05, 4.69) is 16.0 Å². The largest absolute Gasteiger partial charge is 0.362 e. The van der Waals surface area contributed by atoms with Crippen LogP contribution in [0, 0.1) is 28.4 Å². The summed E-state index contributed by atoms with van der Waals surface area (Å²) in [6, 6.07) is 13.7. The highest BCUT2D eigenvalue weighted by atomic mass is 32.1. The standard InChI is InChI=1S/C24H20F2N4S/c25-20-4-1-5-21(26)19(20)15-24(16-27)8-13-30(14-9-24)23(31)18-3-2-10-29-22(18)17-6-11-28-12-7-17/h1-7,10-12H,8-9,13-15H2. The molecule has 1 aliphatic rings. The first-order valence-corrected chi connectivity index (χ1v) is 10.4. The molecule has 7 heteroatoms. The van der Waals surface area contributed by atoms with Crippen LogP contribution in [0.3, 0.4) is 0 Å². The van der Waals surface area contributed by atoms with Gasteiger partial charge in [-0.15, -0.1) is 0 Å². The van der Waals surface area contributed by atoms with E-state index in [9.17, 15) is 14.0 Å². The van der Waals surface area contributed by atoms with Crippen LogP contribution in [-0.2, 0) is 6.42 Å². The van der Waals surface area contributed by atoms with Gasteiger partial charge in [0.1, 0.15) is 16.6 Å². The van der Waals surface area contributed by atoms with Gasteiger partial charge in [0.05, 0.1) is 17.2 Å². The average Bonchev–Trinajstić information content (AvgIpc) is 2.82. The number of nitrogens with zero attached hydrogens (tertiary/aromatic N) is 4. The van der Waals surface area contributed by atoms with Gasteiger partial charge in [0.15, 0.2) is 0 Å². The van der Waals surface area contributed by atoms with Crippen LogP contribution in [0.5, 0.6) is 0 Å². The molecule has 0 N–H and O–H groups in total. The number of hydrogen-bond donors (Lipinski definition) is 0. The Balaban J connectivity index is 1.53. The van der Waals surface area contributed by atoms with Gasteiger partial charge in [0.25, 0.3) is 0 Å². The molecule has 3 heterocycles. The van der Waals surface area contributed by atoms with Crippen LogP contribution in [0.1, 0.15) is 24.0 Å². The van der Waals surface area contributed by atoms with Crippen molar-refractivity contribution in [3.05, 3.63) is 83.8 Å². The summed E-state index contributed by atoms with van der Waals surface area (Å²) in [5.74, 6) is -1.21. The fourth-order valence-electron chi connectivity index (χ4n) is 3.99. The normalized spacial score (nSPS) is 15.3. The van der Waals surface area contributed by atoms with E-state index in [-0.39, 0.29) is 12.0 Å². The highest BCUT2D eigenvalue weighted by molar-refractivity contribution is 7.80. The molecule has 0 amide bonds. The molecular weight excluding hydrogens is 414 g/mol. The minimum atomic E-state index is -0.821. The Kier molecular flexibility index (Phi) is 6.01. The summed E-state index contributed by atoms with van der Waals surface area (Å²) >= 11 is 5.78. The molecular formula is C24H20F2N4S. The van der Waals surface area contributed by atoms with Crippen LogP contribution >= 0.6 is 12.2 Å². The molecule has 0 aliphatic carbocycles. The first-order valence-electron chi connectivity index (χ1n) is 10.0. The SMILES string of the molecule is N#CC1(Cc2c(F)cccc2F)CCN(C(=S)c2cccnc2-c2ccncc2)CC1. The van der Waals surface area contributed by atoms with Gasteiger partial charge in [-0.05, 0) is 55.7 Å². The third kappa shape index (κ3) is 4.30. The molecule has 0 unspecified atom stereocenters. The third-order valence-corrected chi connectivity index (χ3v) is 6.29. The number of rotatable bonds is 4. The molecule has 0 radical (unpaired) electrons. The van der Waals surface area contributed by atoms with Crippen molar-refractivity contribution >= 4 is 17.2 Å². The molecule has 4 rings (SSSR count). The maximum atomic E-state index is 14.2. The Labute approximate surface area is 185 Å². The summed E-state index contributed by atoms with van der Waals surface area (Å²) in [7, 11) is 0. The number of likely N-dealkylation sites (tertiary alicyclic amines) is 1. The lowest BCUT2D eigenvalue weighted by molar-refractivity contribution is 0.204. The number of pyridine rings is 2. The first kappa shape index (κ1) is 21.0. The van der Waals surface area contributed by atoms with Gasteiger partial charge < -0.3 is 4.90 Å². The van der Waals surface area contributed by atoms with E-state index in [0.29, 0.717) is 30.9 Å². The van der Waals surface area contributed by atoms with E-state index in [1.807, 2.05) is 29.2 Å². The minimum absolute atomic E-state index is 0.0210. The molecule has 0 spiro atoms. The fraction of sp³-hybridized carbons (Fsp3) is 0.250. The molecule has 0 bridgehead atoms. The average molecular weight is 435 g/mol. The number of nitriles is 1. The van der Waals surface area contributed by atoms with Gasteiger partial charge >= 0.3 is 0 Å². The van der Waals surface area contributed by atoms with Gasteiger partial charge in [-0.2, -0.15) is 5.26 Å². The van der Waals surface area contributed by atoms with Crippen LogP contribution in [0.2, 0.25) is 0 Å².